The molecule has 1 fully saturated rings. The molecule has 2 nitrogen and oxygen atoms in total. The molecule has 0 aliphatic heterocycles. The van der Waals surface area contributed by atoms with Crippen LogP contribution in [-0.2, 0) is 23.8 Å². The molecular formula is C28H34F5NO. The summed E-state index contributed by atoms with van der Waals surface area (Å²) in [6.45, 7) is 1.88. The van der Waals surface area contributed by atoms with Gasteiger partial charge in [-0.05, 0) is 72.9 Å². The summed E-state index contributed by atoms with van der Waals surface area (Å²) < 4.78 is 66.9. The number of alkyl halides is 5. The molecule has 7 heteroatoms. The Morgan fingerprint density at radius 3 is 2.23 bits per heavy atom. The van der Waals surface area contributed by atoms with Crippen molar-refractivity contribution >= 4 is 11.6 Å². The third kappa shape index (κ3) is 7.77. The van der Waals surface area contributed by atoms with Crippen LogP contribution in [0.1, 0.15) is 86.5 Å². The van der Waals surface area contributed by atoms with Crippen molar-refractivity contribution < 1.29 is 26.7 Å². The number of hydrogen-bond acceptors (Lipinski definition) is 1. The molecule has 2 aromatic rings. The highest BCUT2D eigenvalue weighted by molar-refractivity contribution is 5.95. The van der Waals surface area contributed by atoms with Crippen LogP contribution < -0.4 is 5.32 Å². The summed E-state index contributed by atoms with van der Waals surface area (Å²) in [5.74, 6) is -0.729. The number of aryl methyl sites for hydroxylation is 2. The van der Waals surface area contributed by atoms with Crippen LogP contribution in [-0.4, -0.2) is 18.3 Å². The fraction of sp³-hybridized carbons (Fsp3) is 0.536. The normalized spacial score (nSPS) is 16.6. The largest absolute Gasteiger partial charge is 0.416 e. The maximum Gasteiger partial charge on any atom is 0.416 e. The van der Waals surface area contributed by atoms with Crippen LogP contribution in [0.25, 0.3) is 0 Å². The van der Waals surface area contributed by atoms with Crippen LogP contribution in [0.3, 0.4) is 0 Å². The average Bonchev–Trinajstić information content (AvgIpc) is 2.86. The molecule has 1 amide bonds. The lowest BCUT2D eigenvalue weighted by molar-refractivity contribution is -0.137. The van der Waals surface area contributed by atoms with E-state index < -0.39 is 30.0 Å². The molecule has 1 saturated carbocycles. The van der Waals surface area contributed by atoms with Gasteiger partial charge < -0.3 is 5.32 Å². The average molecular weight is 496 g/mol. The molecule has 35 heavy (non-hydrogen) atoms. The Morgan fingerprint density at radius 2 is 1.60 bits per heavy atom. The monoisotopic (exact) mass is 495 g/mol. The molecule has 0 saturated heterocycles. The molecule has 2 aromatic carbocycles. The van der Waals surface area contributed by atoms with Gasteiger partial charge in [0, 0.05) is 5.69 Å². The SMILES string of the molecule is CCCC[C@@H](F)[C@@H](F)C(=O)Nc1ccc(CCc2ccc(C(F)(F)F)cc2)cc1C1CCCCC1. The zero-order valence-corrected chi connectivity index (χ0v) is 20.1. The van der Waals surface area contributed by atoms with Crippen molar-refractivity contribution in [3.8, 4) is 0 Å². The Balaban J connectivity index is 1.73. The number of benzene rings is 2. The number of nitrogens with one attached hydrogen (secondary N) is 1. The maximum absolute atomic E-state index is 14.4. The predicted molar refractivity (Wildman–Crippen MR) is 129 cm³/mol. The van der Waals surface area contributed by atoms with E-state index in [9.17, 15) is 26.7 Å². The molecular weight excluding hydrogens is 461 g/mol. The first kappa shape index (κ1) is 27.2. The zero-order chi connectivity index (χ0) is 25.4. The summed E-state index contributed by atoms with van der Waals surface area (Å²) in [6, 6.07) is 10.8. The van der Waals surface area contributed by atoms with E-state index in [1.165, 1.54) is 12.1 Å². The van der Waals surface area contributed by atoms with Gasteiger partial charge in [0.1, 0.15) is 6.17 Å². The highest BCUT2D eigenvalue weighted by Crippen LogP contribution is 2.37. The van der Waals surface area contributed by atoms with E-state index in [1.54, 1.807) is 6.07 Å². The fourth-order valence-corrected chi connectivity index (χ4v) is 4.69. The van der Waals surface area contributed by atoms with Crippen molar-refractivity contribution in [1.82, 2.24) is 0 Å². The third-order valence-corrected chi connectivity index (χ3v) is 6.80. The number of rotatable bonds is 10. The molecule has 0 spiro atoms. The minimum atomic E-state index is -4.36. The van der Waals surface area contributed by atoms with Gasteiger partial charge in [-0.25, -0.2) is 8.78 Å². The summed E-state index contributed by atoms with van der Waals surface area (Å²) in [7, 11) is 0. The summed E-state index contributed by atoms with van der Waals surface area (Å²) >= 11 is 0. The second kappa shape index (κ2) is 12.5. The van der Waals surface area contributed by atoms with Crippen LogP contribution >= 0.6 is 0 Å². The first-order valence-electron chi connectivity index (χ1n) is 12.6. The van der Waals surface area contributed by atoms with Gasteiger partial charge in [0.15, 0.2) is 0 Å². The van der Waals surface area contributed by atoms with Gasteiger partial charge in [-0.3, -0.25) is 4.79 Å². The highest BCUT2D eigenvalue weighted by Gasteiger charge is 2.30. The first-order chi connectivity index (χ1) is 16.7. The van der Waals surface area contributed by atoms with E-state index in [4.69, 9.17) is 0 Å². The van der Waals surface area contributed by atoms with Crippen molar-refractivity contribution in [2.24, 2.45) is 0 Å². The minimum Gasteiger partial charge on any atom is -0.323 e. The zero-order valence-electron chi connectivity index (χ0n) is 20.1. The van der Waals surface area contributed by atoms with Gasteiger partial charge in [-0.15, -0.1) is 0 Å². The quantitative estimate of drug-likeness (QED) is 0.330. The molecule has 0 bridgehead atoms. The molecule has 192 valence electrons. The van der Waals surface area contributed by atoms with Crippen LogP contribution in [0.5, 0.6) is 0 Å². The Kier molecular flexibility index (Phi) is 9.70. The van der Waals surface area contributed by atoms with E-state index in [0.29, 0.717) is 24.9 Å². The molecule has 0 radical (unpaired) electrons. The van der Waals surface area contributed by atoms with Crippen LogP contribution in [0.2, 0.25) is 0 Å². The standard InChI is InChI=1S/C28H34F5NO/c1-2-3-9-24(29)26(30)27(35)34-25-17-14-20(18-23(25)21-7-5-4-6-8-21)11-10-19-12-15-22(16-13-19)28(31,32)33/h12-18,21,24,26H,2-11H2,1H3,(H,34,35)/t24-,26-/m1/s1. The number of hydrogen-bond donors (Lipinski definition) is 1. The smallest absolute Gasteiger partial charge is 0.323 e. The highest BCUT2D eigenvalue weighted by atomic mass is 19.4. The van der Waals surface area contributed by atoms with Crippen LogP contribution in [0.4, 0.5) is 27.6 Å². The second-order valence-electron chi connectivity index (χ2n) is 9.50. The lowest BCUT2D eigenvalue weighted by Gasteiger charge is -2.25. The number of anilines is 1. The number of amides is 1. The van der Waals surface area contributed by atoms with Crippen molar-refractivity contribution in [1.29, 1.82) is 0 Å². The fourth-order valence-electron chi connectivity index (χ4n) is 4.69. The third-order valence-electron chi connectivity index (χ3n) is 6.80. The summed E-state index contributed by atoms with van der Waals surface area (Å²) in [6.07, 6.45) is -0.699. The van der Waals surface area contributed by atoms with Crippen molar-refractivity contribution in [2.45, 2.75) is 95.6 Å². The second-order valence-corrected chi connectivity index (χ2v) is 9.50. The molecule has 1 aliphatic carbocycles. The maximum atomic E-state index is 14.4. The Hall–Kier alpha value is -2.44. The molecule has 1 N–H and O–H groups in total. The topological polar surface area (TPSA) is 29.1 Å². The van der Waals surface area contributed by atoms with E-state index in [-0.39, 0.29) is 12.3 Å². The molecule has 1 aliphatic rings. The first-order valence-corrected chi connectivity index (χ1v) is 12.6. The van der Waals surface area contributed by atoms with E-state index in [2.05, 4.69) is 5.32 Å². The predicted octanol–water partition coefficient (Wildman–Crippen LogP) is 8.34. The molecule has 0 unspecified atom stereocenters. The van der Waals surface area contributed by atoms with E-state index in [1.807, 2.05) is 19.1 Å². The number of carbonyl (C=O) groups excluding carboxylic acids is 1. The molecule has 2 atom stereocenters. The lowest BCUT2D eigenvalue weighted by atomic mass is 9.82. The molecule has 3 rings (SSSR count). The van der Waals surface area contributed by atoms with E-state index in [0.717, 1.165) is 67.3 Å². The summed E-state index contributed by atoms with van der Waals surface area (Å²) in [5, 5.41) is 2.63. The van der Waals surface area contributed by atoms with Gasteiger partial charge in [0.2, 0.25) is 6.17 Å². The Morgan fingerprint density at radius 1 is 0.971 bits per heavy atom. The lowest BCUT2D eigenvalue weighted by Crippen LogP contribution is -2.32. The number of unbranched alkanes of at least 4 members (excludes halogenated alkanes) is 1. The Bertz CT molecular complexity index is 951. The summed E-state index contributed by atoms with van der Waals surface area (Å²) in [5.41, 5.74) is 2.57. The summed E-state index contributed by atoms with van der Waals surface area (Å²) in [4.78, 5) is 12.4. The van der Waals surface area contributed by atoms with Gasteiger partial charge in [-0.1, -0.05) is 63.3 Å². The van der Waals surface area contributed by atoms with E-state index >= 15 is 0 Å². The molecule has 0 heterocycles. The Labute approximate surface area is 204 Å². The van der Waals surface area contributed by atoms with Crippen molar-refractivity contribution in [2.75, 3.05) is 5.32 Å². The van der Waals surface area contributed by atoms with Crippen molar-refractivity contribution in [3.05, 3.63) is 64.7 Å². The van der Waals surface area contributed by atoms with Gasteiger partial charge >= 0.3 is 6.18 Å². The molecule has 0 aromatic heterocycles. The van der Waals surface area contributed by atoms with Crippen LogP contribution in [0, 0.1) is 0 Å². The number of carbonyl (C=O) groups is 1. The number of halogens is 5. The van der Waals surface area contributed by atoms with Gasteiger partial charge in [0.05, 0.1) is 5.56 Å². The van der Waals surface area contributed by atoms with Gasteiger partial charge in [0.25, 0.3) is 5.91 Å². The van der Waals surface area contributed by atoms with Crippen molar-refractivity contribution in [3.63, 3.8) is 0 Å². The van der Waals surface area contributed by atoms with Crippen LogP contribution in [0.15, 0.2) is 42.5 Å². The minimum absolute atomic E-state index is 0.0173. The van der Waals surface area contributed by atoms with Gasteiger partial charge in [-0.2, -0.15) is 13.2 Å².